The summed E-state index contributed by atoms with van der Waals surface area (Å²) >= 11 is 0. The van der Waals surface area contributed by atoms with E-state index in [4.69, 9.17) is 9.84 Å². The monoisotopic (exact) mass is 277 g/mol. The third-order valence-electron chi connectivity index (χ3n) is 3.09. The van der Waals surface area contributed by atoms with E-state index in [2.05, 4.69) is 9.72 Å². The first-order valence-electron chi connectivity index (χ1n) is 6.05. The number of aromatic nitrogens is 1. The van der Waals surface area contributed by atoms with Crippen LogP contribution < -0.4 is 4.74 Å². The molecule has 0 aliphatic rings. The summed E-state index contributed by atoms with van der Waals surface area (Å²) in [5.41, 5.74) is 1.83. The molecule has 0 saturated carbocycles. The van der Waals surface area contributed by atoms with E-state index in [9.17, 15) is 9.59 Å². The molecule has 1 aromatic heterocycles. The van der Waals surface area contributed by atoms with Gasteiger partial charge in [-0.1, -0.05) is 0 Å². The molecule has 2 rings (SSSR count). The molecule has 0 fully saturated rings. The molecule has 0 saturated heterocycles. The molecule has 0 atom stereocenters. The van der Waals surface area contributed by atoms with Crippen LogP contribution in [-0.2, 0) is 16.0 Å². The number of esters is 1. The summed E-state index contributed by atoms with van der Waals surface area (Å²) in [6.45, 7) is 0. The molecule has 6 nitrogen and oxygen atoms in total. The van der Waals surface area contributed by atoms with E-state index in [1.54, 1.807) is 18.2 Å². The number of aliphatic carboxylic acids is 1. The fourth-order valence-corrected chi connectivity index (χ4v) is 2.15. The van der Waals surface area contributed by atoms with E-state index in [0.29, 0.717) is 17.9 Å². The van der Waals surface area contributed by atoms with Crippen LogP contribution in [0.25, 0.3) is 10.9 Å². The Kier molecular flexibility index (Phi) is 3.93. The Balaban J connectivity index is 2.52. The number of hydrogen-bond acceptors (Lipinski definition) is 4. The number of aryl methyl sites for hydroxylation is 1. The molecule has 2 N–H and O–H groups in total. The van der Waals surface area contributed by atoms with Gasteiger partial charge in [0.15, 0.2) is 0 Å². The van der Waals surface area contributed by atoms with Crippen molar-refractivity contribution in [2.24, 2.45) is 0 Å². The van der Waals surface area contributed by atoms with Crippen LogP contribution in [0.2, 0.25) is 0 Å². The van der Waals surface area contributed by atoms with Crippen LogP contribution in [0.3, 0.4) is 0 Å². The second-order valence-corrected chi connectivity index (χ2v) is 4.28. The standard InChI is InChI=1S/C14H15NO5/c1-19-12-5-4-10-9(8(12)3-6-13(16)17)7-11(15-10)14(18)20-2/h4-5,7,15H,3,6H2,1-2H3,(H,16,17). The first kappa shape index (κ1) is 13.9. The molecule has 0 unspecified atom stereocenters. The maximum Gasteiger partial charge on any atom is 0.354 e. The highest BCUT2D eigenvalue weighted by Gasteiger charge is 2.15. The van der Waals surface area contributed by atoms with Gasteiger partial charge in [-0.2, -0.15) is 0 Å². The second-order valence-electron chi connectivity index (χ2n) is 4.28. The van der Waals surface area contributed by atoms with Gasteiger partial charge in [0.2, 0.25) is 0 Å². The van der Waals surface area contributed by atoms with Crippen LogP contribution in [0.5, 0.6) is 5.75 Å². The number of carboxylic acids is 1. The van der Waals surface area contributed by atoms with E-state index < -0.39 is 11.9 Å². The lowest BCUT2D eigenvalue weighted by atomic mass is 10.0. The molecule has 0 aliphatic heterocycles. The quantitative estimate of drug-likeness (QED) is 0.816. The summed E-state index contributed by atoms with van der Waals surface area (Å²) in [5, 5.41) is 9.59. The van der Waals surface area contributed by atoms with Gasteiger partial charge >= 0.3 is 11.9 Å². The smallest absolute Gasteiger partial charge is 0.354 e. The number of fused-ring (bicyclic) bond motifs is 1. The number of nitrogens with one attached hydrogen (secondary N) is 1. The van der Waals surface area contributed by atoms with Crippen LogP contribution >= 0.6 is 0 Å². The van der Waals surface area contributed by atoms with Crippen molar-refractivity contribution in [1.29, 1.82) is 0 Å². The normalized spacial score (nSPS) is 10.5. The number of hydrogen-bond donors (Lipinski definition) is 2. The predicted octanol–water partition coefficient (Wildman–Crippen LogP) is 1.98. The van der Waals surface area contributed by atoms with E-state index in [1.165, 1.54) is 14.2 Å². The van der Waals surface area contributed by atoms with Gasteiger partial charge in [0.1, 0.15) is 11.4 Å². The summed E-state index contributed by atoms with van der Waals surface area (Å²) in [6.07, 6.45) is 0.322. The van der Waals surface area contributed by atoms with Crippen LogP contribution in [0.4, 0.5) is 0 Å². The minimum absolute atomic E-state index is 0.00574. The van der Waals surface area contributed by atoms with Gasteiger partial charge in [0.25, 0.3) is 0 Å². The SMILES string of the molecule is COC(=O)c1cc2c(CCC(=O)O)c(OC)ccc2[nH]1. The number of ether oxygens (including phenoxy) is 2. The Labute approximate surface area is 115 Å². The lowest BCUT2D eigenvalue weighted by molar-refractivity contribution is -0.136. The summed E-state index contributed by atoms with van der Waals surface area (Å²) in [6, 6.07) is 5.18. The van der Waals surface area contributed by atoms with E-state index in [-0.39, 0.29) is 6.42 Å². The molecule has 1 heterocycles. The Morgan fingerprint density at radius 2 is 2.05 bits per heavy atom. The summed E-state index contributed by atoms with van der Waals surface area (Å²) < 4.78 is 9.92. The first-order chi connectivity index (χ1) is 9.56. The van der Waals surface area contributed by atoms with Gasteiger partial charge in [-0.05, 0) is 24.6 Å². The maximum absolute atomic E-state index is 11.5. The molecule has 20 heavy (non-hydrogen) atoms. The van der Waals surface area contributed by atoms with Crippen molar-refractivity contribution >= 4 is 22.8 Å². The van der Waals surface area contributed by atoms with Crippen LogP contribution in [0.1, 0.15) is 22.5 Å². The Morgan fingerprint density at radius 1 is 1.30 bits per heavy atom. The number of H-pyrrole nitrogens is 1. The maximum atomic E-state index is 11.5. The number of carbonyl (C=O) groups is 2. The predicted molar refractivity (Wildman–Crippen MR) is 72.1 cm³/mol. The molecule has 0 radical (unpaired) electrons. The second kappa shape index (κ2) is 5.64. The molecule has 6 heteroatoms. The van der Waals surface area contributed by atoms with Gasteiger partial charge in [0.05, 0.1) is 14.2 Å². The zero-order valence-electron chi connectivity index (χ0n) is 11.2. The summed E-state index contributed by atoms with van der Waals surface area (Å²) in [7, 11) is 2.83. The van der Waals surface area contributed by atoms with Gasteiger partial charge in [-0.25, -0.2) is 4.79 Å². The number of rotatable bonds is 5. The van der Waals surface area contributed by atoms with Crippen LogP contribution in [0.15, 0.2) is 18.2 Å². The topological polar surface area (TPSA) is 88.6 Å². The highest BCUT2D eigenvalue weighted by atomic mass is 16.5. The highest BCUT2D eigenvalue weighted by Crippen LogP contribution is 2.30. The van der Waals surface area contributed by atoms with E-state index in [0.717, 1.165) is 16.5 Å². The lowest BCUT2D eigenvalue weighted by Crippen LogP contribution is -2.00. The molecular weight excluding hydrogens is 262 g/mol. The largest absolute Gasteiger partial charge is 0.496 e. The molecular formula is C14H15NO5. The fourth-order valence-electron chi connectivity index (χ4n) is 2.15. The molecule has 1 aromatic carbocycles. The molecule has 2 aromatic rings. The third kappa shape index (κ3) is 2.59. The molecule has 106 valence electrons. The first-order valence-corrected chi connectivity index (χ1v) is 6.05. The minimum Gasteiger partial charge on any atom is -0.496 e. The number of carbonyl (C=O) groups excluding carboxylic acids is 1. The van der Waals surface area contributed by atoms with Crippen molar-refractivity contribution in [3.63, 3.8) is 0 Å². The van der Waals surface area contributed by atoms with Gasteiger partial charge in [0, 0.05) is 22.9 Å². The van der Waals surface area contributed by atoms with E-state index >= 15 is 0 Å². The Morgan fingerprint density at radius 3 is 2.65 bits per heavy atom. The van der Waals surface area contributed by atoms with Crippen molar-refractivity contribution in [1.82, 2.24) is 4.98 Å². The Hall–Kier alpha value is -2.50. The zero-order chi connectivity index (χ0) is 14.7. The molecule has 0 aliphatic carbocycles. The Bertz CT molecular complexity index is 659. The average Bonchev–Trinajstić information content (AvgIpc) is 2.87. The van der Waals surface area contributed by atoms with Crippen molar-refractivity contribution in [2.75, 3.05) is 14.2 Å². The highest BCUT2D eigenvalue weighted by molar-refractivity contribution is 5.96. The molecule has 0 spiro atoms. The van der Waals surface area contributed by atoms with Gasteiger partial charge in [-0.3, -0.25) is 4.79 Å². The molecule has 0 amide bonds. The van der Waals surface area contributed by atoms with Crippen molar-refractivity contribution < 1.29 is 24.2 Å². The van der Waals surface area contributed by atoms with Crippen LogP contribution in [0, 0.1) is 0 Å². The van der Waals surface area contributed by atoms with Gasteiger partial charge in [-0.15, -0.1) is 0 Å². The van der Waals surface area contributed by atoms with E-state index in [1.807, 2.05) is 0 Å². The number of benzene rings is 1. The van der Waals surface area contributed by atoms with Crippen molar-refractivity contribution in [3.8, 4) is 5.75 Å². The average molecular weight is 277 g/mol. The zero-order valence-corrected chi connectivity index (χ0v) is 11.2. The number of aromatic amines is 1. The van der Waals surface area contributed by atoms with Crippen LogP contribution in [-0.4, -0.2) is 36.2 Å². The van der Waals surface area contributed by atoms with Crippen molar-refractivity contribution in [2.45, 2.75) is 12.8 Å². The minimum atomic E-state index is -0.882. The third-order valence-corrected chi connectivity index (χ3v) is 3.09. The summed E-state index contributed by atoms with van der Waals surface area (Å²) in [5.74, 6) is -0.744. The lowest BCUT2D eigenvalue weighted by Gasteiger charge is -2.08. The number of methoxy groups -OCH3 is 2. The summed E-state index contributed by atoms with van der Waals surface area (Å²) in [4.78, 5) is 25.2. The van der Waals surface area contributed by atoms with Gasteiger partial charge < -0.3 is 19.6 Å². The number of carboxylic acid groups (broad SMARTS) is 1. The molecule has 0 bridgehead atoms. The van der Waals surface area contributed by atoms with Crippen molar-refractivity contribution in [3.05, 3.63) is 29.5 Å². The fraction of sp³-hybridized carbons (Fsp3) is 0.286.